The summed E-state index contributed by atoms with van der Waals surface area (Å²) in [6.07, 6.45) is 9.87. The van der Waals surface area contributed by atoms with Crippen molar-refractivity contribution in [3.05, 3.63) is 68.7 Å². The van der Waals surface area contributed by atoms with Crippen molar-refractivity contribution in [1.82, 2.24) is 14.1 Å². The number of aromatic nitrogens is 3. The Labute approximate surface area is 264 Å². The van der Waals surface area contributed by atoms with Gasteiger partial charge in [-0.05, 0) is 94.1 Å². The first-order chi connectivity index (χ1) is 21.5. The van der Waals surface area contributed by atoms with Crippen molar-refractivity contribution in [3.63, 3.8) is 0 Å². The molecular weight excluding hydrogens is 594 g/mol. The predicted molar refractivity (Wildman–Crippen MR) is 170 cm³/mol. The van der Waals surface area contributed by atoms with Crippen LogP contribution in [0.1, 0.15) is 69.6 Å². The number of para-hydroxylation sites is 1. The standard InChI is InChI=1S/C34H39N3O7S/c1-19-26-29(38)37(33(2,3)31(39)40)32(41)36(30(26)45-27(19)28-35-9-10-43-28)17-25(23-7-5-6-8-24(23)42-4)44-18-34-14-20-11-21(15-34)13-22(12-20)16-34/h5-10,20-22,25H,11-18H2,1-4H3,(H,39,40). The lowest BCUT2D eigenvalue weighted by Crippen LogP contribution is -2.52. The van der Waals surface area contributed by atoms with E-state index in [0.29, 0.717) is 33.5 Å². The highest BCUT2D eigenvalue weighted by molar-refractivity contribution is 7.22. The molecular formula is C34H39N3O7S. The average Bonchev–Trinajstić information content (AvgIpc) is 3.64. The molecule has 0 aliphatic heterocycles. The highest BCUT2D eigenvalue weighted by Crippen LogP contribution is 2.60. The lowest BCUT2D eigenvalue weighted by molar-refractivity contribution is -0.146. The minimum atomic E-state index is -1.80. The van der Waals surface area contributed by atoms with Crippen molar-refractivity contribution in [1.29, 1.82) is 0 Å². The average molecular weight is 634 g/mol. The zero-order chi connectivity index (χ0) is 31.7. The molecule has 3 heterocycles. The minimum Gasteiger partial charge on any atom is -0.496 e. The number of carboxylic acids is 1. The van der Waals surface area contributed by atoms with Gasteiger partial charge in [0.2, 0.25) is 5.89 Å². The molecule has 4 aliphatic rings. The molecule has 238 valence electrons. The van der Waals surface area contributed by atoms with Gasteiger partial charge in [-0.3, -0.25) is 9.36 Å². The van der Waals surface area contributed by atoms with E-state index in [9.17, 15) is 19.5 Å². The molecule has 3 aromatic heterocycles. The van der Waals surface area contributed by atoms with Gasteiger partial charge in [-0.2, -0.15) is 0 Å². The number of benzene rings is 1. The number of carbonyl (C=O) groups is 1. The smallest absolute Gasteiger partial charge is 0.333 e. The van der Waals surface area contributed by atoms with Crippen LogP contribution in [-0.4, -0.2) is 38.9 Å². The summed E-state index contributed by atoms with van der Waals surface area (Å²) in [4.78, 5) is 46.1. The predicted octanol–water partition coefficient (Wildman–Crippen LogP) is 5.99. The number of fused-ring (bicyclic) bond motifs is 1. The Morgan fingerprint density at radius 1 is 1.16 bits per heavy atom. The number of aryl methyl sites for hydroxylation is 1. The number of methoxy groups -OCH3 is 1. The maximum atomic E-state index is 14.4. The molecule has 4 saturated carbocycles. The van der Waals surface area contributed by atoms with Crippen LogP contribution in [-0.2, 0) is 21.6 Å². The third-order valence-electron chi connectivity index (χ3n) is 10.5. The zero-order valence-electron chi connectivity index (χ0n) is 26.1. The molecule has 4 fully saturated rings. The van der Waals surface area contributed by atoms with E-state index in [-0.39, 0.29) is 17.3 Å². The Morgan fingerprint density at radius 3 is 2.42 bits per heavy atom. The van der Waals surface area contributed by atoms with E-state index in [2.05, 4.69) is 4.98 Å². The van der Waals surface area contributed by atoms with Crippen molar-refractivity contribution in [2.75, 3.05) is 13.7 Å². The van der Waals surface area contributed by atoms with Gasteiger partial charge in [0.1, 0.15) is 28.5 Å². The third kappa shape index (κ3) is 4.95. The van der Waals surface area contributed by atoms with Gasteiger partial charge in [0.05, 0.1) is 36.7 Å². The summed E-state index contributed by atoms with van der Waals surface area (Å²) in [7, 11) is 1.61. The summed E-state index contributed by atoms with van der Waals surface area (Å²) in [6, 6.07) is 7.63. The number of hydrogen-bond acceptors (Lipinski definition) is 8. The van der Waals surface area contributed by atoms with E-state index < -0.39 is 28.9 Å². The molecule has 0 spiro atoms. The highest BCUT2D eigenvalue weighted by Gasteiger charge is 2.51. The number of thiophene rings is 1. The first kappa shape index (κ1) is 30.0. The van der Waals surface area contributed by atoms with E-state index in [1.807, 2.05) is 24.3 Å². The second-order valence-electron chi connectivity index (χ2n) is 13.9. The van der Waals surface area contributed by atoms with Gasteiger partial charge >= 0.3 is 11.7 Å². The third-order valence-corrected chi connectivity index (χ3v) is 11.8. The maximum Gasteiger partial charge on any atom is 0.333 e. The fourth-order valence-electron chi connectivity index (χ4n) is 8.72. The van der Waals surface area contributed by atoms with Crippen LogP contribution in [0.3, 0.4) is 0 Å². The highest BCUT2D eigenvalue weighted by atomic mass is 32.1. The van der Waals surface area contributed by atoms with Gasteiger partial charge in [0.15, 0.2) is 0 Å². The second-order valence-corrected chi connectivity index (χ2v) is 14.9. The fourth-order valence-corrected chi connectivity index (χ4v) is 9.96. The molecule has 4 bridgehead atoms. The first-order valence-corrected chi connectivity index (χ1v) is 16.5. The summed E-state index contributed by atoms with van der Waals surface area (Å²) < 4.78 is 20.6. The molecule has 1 N–H and O–H groups in total. The summed E-state index contributed by atoms with van der Waals surface area (Å²) in [5, 5.41) is 10.4. The molecule has 4 aliphatic carbocycles. The van der Waals surface area contributed by atoms with Crippen LogP contribution in [0.25, 0.3) is 21.0 Å². The van der Waals surface area contributed by atoms with Gasteiger partial charge < -0.3 is 19.0 Å². The molecule has 0 amide bonds. The number of rotatable bonds is 10. The zero-order valence-corrected chi connectivity index (χ0v) is 26.9. The van der Waals surface area contributed by atoms with E-state index in [0.717, 1.165) is 27.9 Å². The van der Waals surface area contributed by atoms with Gasteiger partial charge in [-0.15, -0.1) is 11.3 Å². The summed E-state index contributed by atoms with van der Waals surface area (Å²) >= 11 is 1.24. The van der Waals surface area contributed by atoms with Crippen molar-refractivity contribution < 1.29 is 23.8 Å². The number of aliphatic carboxylic acids is 1. The minimum absolute atomic E-state index is 0.0586. The molecule has 11 heteroatoms. The Bertz CT molecular complexity index is 1850. The van der Waals surface area contributed by atoms with Gasteiger partial charge in [-0.25, -0.2) is 19.1 Å². The van der Waals surface area contributed by atoms with E-state index in [1.165, 1.54) is 80.7 Å². The topological polar surface area (TPSA) is 126 Å². The van der Waals surface area contributed by atoms with Crippen LogP contribution in [0.2, 0.25) is 0 Å². The van der Waals surface area contributed by atoms with Crippen LogP contribution in [0, 0.1) is 30.1 Å². The molecule has 45 heavy (non-hydrogen) atoms. The normalized spacial score (nSPS) is 24.8. The Morgan fingerprint density at radius 2 is 1.82 bits per heavy atom. The van der Waals surface area contributed by atoms with Gasteiger partial charge in [-0.1, -0.05) is 18.2 Å². The Hall–Kier alpha value is -3.70. The number of hydrogen-bond donors (Lipinski definition) is 1. The van der Waals surface area contributed by atoms with Crippen LogP contribution in [0.5, 0.6) is 5.75 Å². The lowest BCUT2D eigenvalue weighted by atomic mass is 9.50. The van der Waals surface area contributed by atoms with E-state index in [1.54, 1.807) is 14.0 Å². The summed E-state index contributed by atoms with van der Waals surface area (Å²) in [5.41, 5.74) is -1.68. The molecule has 1 aromatic carbocycles. The molecule has 0 radical (unpaired) electrons. The number of carboxylic acid groups (broad SMARTS) is 1. The molecule has 8 rings (SSSR count). The van der Waals surface area contributed by atoms with Crippen LogP contribution >= 0.6 is 11.3 Å². The number of ether oxygens (including phenoxy) is 2. The number of nitrogens with zero attached hydrogens (tertiary/aromatic N) is 3. The summed E-state index contributed by atoms with van der Waals surface area (Å²) in [6.45, 7) is 5.14. The molecule has 1 atom stereocenters. The lowest BCUT2D eigenvalue weighted by Gasteiger charge is -2.56. The second kappa shape index (κ2) is 11.0. The first-order valence-electron chi connectivity index (χ1n) is 15.7. The SMILES string of the molecule is COc1ccccc1C(Cn1c(=O)n(C(C)(C)C(=O)O)c(=O)c2c(C)c(-c3ncco3)sc21)OCC12CC3CC(CC(C3)C1)C2. The van der Waals surface area contributed by atoms with Crippen LogP contribution < -0.4 is 16.0 Å². The van der Waals surface area contributed by atoms with Gasteiger partial charge in [0, 0.05) is 5.56 Å². The van der Waals surface area contributed by atoms with E-state index >= 15 is 0 Å². The van der Waals surface area contributed by atoms with Crippen molar-refractivity contribution in [2.24, 2.45) is 23.2 Å². The maximum absolute atomic E-state index is 14.4. The van der Waals surface area contributed by atoms with Crippen molar-refractivity contribution >= 4 is 27.5 Å². The Kier molecular flexibility index (Phi) is 7.31. The van der Waals surface area contributed by atoms with Crippen LogP contribution in [0.4, 0.5) is 0 Å². The summed E-state index contributed by atoms with van der Waals surface area (Å²) in [5.74, 6) is 1.96. The van der Waals surface area contributed by atoms with Gasteiger partial charge in [0.25, 0.3) is 5.56 Å². The molecule has 10 nitrogen and oxygen atoms in total. The van der Waals surface area contributed by atoms with E-state index in [4.69, 9.17) is 13.9 Å². The molecule has 4 aromatic rings. The monoisotopic (exact) mass is 633 g/mol. The van der Waals surface area contributed by atoms with Crippen LogP contribution in [0.15, 0.2) is 50.7 Å². The number of oxazole rings is 1. The Balaban J connectivity index is 1.38. The quantitative estimate of drug-likeness (QED) is 0.226. The molecule has 1 unspecified atom stereocenters. The largest absolute Gasteiger partial charge is 0.496 e. The molecule has 0 saturated heterocycles. The van der Waals surface area contributed by atoms with Crippen molar-refractivity contribution in [3.8, 4) is 16.5 Å². The van der Waals surface area contributed by atoms with Crippen molar-refractivity contribution in [2.45, 2.75) is 77.5 Å². The fraction of sp³-hybridized carbons (Fsp3) is 0.529.